The molecule has 3 N–H and O–H groups in total. The Hall–Kier alpha value is -1.30. The van der Waals surface area contributed by atoms with Crippen LogP contribution in [0.25, 0.3) is 0 Å². The van der Waals surface area contributed by atoms with Gasteiger partial charge in [-0.2, -0.15) is 0 Å². The fourth-order valence-corrected chi connectivity index (χ4v) is 2.18. The van der Waals surface area contributed by atoms with Gasteiger partial charge in [-0.3, -0.25) is 4.79 Å². The molecule has 0 aromatic rings. The minimum atomic E-state index is -0.215. The van der Waals surface area contributed by atoms with Gasteiger partial charge in [0.05, 0.1) is 6.04 Å². The molecular weight excluding hydrogens is 246 g/mol. The van der Waals surface area contributed by atoms with Gasteiger partial charge >= 0.3 is 6.03 Å². The third-order valence-electron chi connectivity index (χ3n) is 3.24. The van der Waals surface area contributed by atoms with Crippen LogP contribution >= 0.6 is 0 Å². The number of amides is 3. The highest BCUT2D eigenvalue weighted by molar-refractivity contribution is 5.81. The number of hydrogen-bond acceptors (Lipinski definition) is 3. The van der Waals surface area contributed by atoms with Crippen LogP contribution in [0, 0.1) is 0 Å². The summed E-state index contributed by atoms with van der Waals surface area (Å²) in [7, 11) is 0. The van der Waals surface area contributed by atoms with Crippen LogP contribution in [0.3, 0.4) is 0 Å². The summed E-state index contributed by atoms with van der Waals surface area (Å²) in [5, 5.41) is 14.2. The van der Waals surface area contributed by atoms with Crippen molar-refractivity contribution in [2.24, 2.45) is 0 Å². The molecule has 110 valence electrons. The number of aliphatic hydroxyl groups excluding tert-OH is 1. The Labute approximate surface area is 114 Å². The number of urea groups is 1. The van der Waals surface area contributed by atoms with Crippen LogP contribution in [0.5, 0.6) is 0 Å². The maximum Gasteiger partial charge on any atom is 0.315 e. The van der Waals surface area contributed by atoms with Gasteiger partial charge in [0, 0.05) is 32.2 Å². The maximum absolute atomic E-state index is 11.7. The van der Waals surface area contributed by atoms with E-state index >= 15 is 0 Å². The first-order chi connectivity index (χ1) is 9.04. The van der Waals surface area contributed by atoms with E-state index in [1.807, 2.05) is 13.8 Å². The molecule has 1 rings (SSSR count). The zero-order valence-electron chi connectivity index (χ0n) is 11.8. The third-order valence-corrected chi connectivity index (χ3v) is 3.24. The highest BCUT2D eigenvalue weighted by atomic mass is 16.3. The summed E-state index contributed by atoms with van der Waals surface area (Å²) >= 11 is 0. The number of nitrogens with zero attached hydrogens (tertiary/aromatic N) is 1. The lowest BCUT2D eigenvalue weighted by Gasteiger charge is -2.21. The Morgan fingerprint density at radius 2 is 2.16 bits per heavy atom. The molecule has 1 fully saturated rings. The molecular formula is C13H25N3O3. The van der Waals surface area contributed by atoms with Crippen LogP contribution in [0.4, 0.5) is 4.79 Å². The molecule has 0 aromatic heterocycles. The number of unbranched alkanes of at least 4 members (excludes halogenated alkanes) is 2. The molecule has 0 aromatic carbocycles. The molecule has 1 aliphatic rings. The number of rotatable bonds is 7. The van der Waals surface area contributed by atoms with Crippen LogP contribution in [-0.2, 0) is 4.79 Å². The number of hydrogen-bond donors (Lipinski definition) is 3. The Morgan fingerprint density at radius 1 is 1.42 bits per heavy atom. The molecule has 1 aliphatic heterocycles. The van der Waals surface area contributed by atoms with Gasteiger partial charge in [-0.1, -0.05) is 0 Å². The zero-order valence-corrected chi connectivity index (χ0v) is 11.8. The lowest BCUT2D eigenvalue weighted by molar-refractivity contribution is -0.129. The number of nitrogens with one attached hydrogen (secondary N) is 2. The lowest BCUT2D eigenvalue weighted by Crippen LogP contribution is -2.44. The van der Waals surface area contributed by atoms with Gasteiger partial charge in [0.25, 0.3) is 0 Å². The van der Waals surface area contributed by atoms with E-state index in [0.29, 0.717) is 19.5 Å². The monoisotopic (exact) mass is 271 g/mol. The highest BCUT2D eigenvalue weighted by Crippen LogP contribution is 2.13. The SMILES string of the molecule is CC(C)N1CC(NC(=O)NCCCCCO)CC1=O. The maximum atomic E-state index is 11.7. The average Bonchev–Trinajstić information content (AvgIpc) is 2.70. The van der Waals surface area contributed by atoms with Crippen LogP contribution in [0.15, 0.2) is 0 Å². The summed E-state index contributed by atoms with van der Waals surface area (Å²) in [6.45, 7) is 5.33. The second-order valence-electron chi connectivity index (χ2n) is 5.23. The van der Waals surface area contributed by atoms with Crippen molar-refractivity contribution >= 4 is 11.9 Å². The van der Waals surface area contributed by atoms with Crippen molar-refractivity contribution in [1.29, 1.82) is 0 Å². The van der Waals surface area contributed by atoms with Gasteiger partial charge < -0.3 is 20.6 Å². The second kappa shape index (κ2) is 7.99. The molecule has 19 heavy (non-hydrogen) atoms. The van der Waals surface area contributed by atoms with E-state index in [2.05, 4.69) is 10.6 Å². The van der Waals surface area contributed by atoms with Gasteiger partial charge in [0.1, 0.15) is 0 Å². The summed E-state index contributed by atoms with van der Waals surface area (Å²) in [6.07, 6.45) is 2.91. The van der Waals surface area contributed by atoms with Gasteiger partial charge in [-0.05, 0) is 33.1 Å². The number of carbonyl (C=O) groups is 2. The molecule has 3 amide bonds. The number of carbonyl (C=O) groups excluding carboxylic acids is 2. The lowest BCUT2D eigenvalue weighted by atomic mass is 10.2. The van der Waals surface area contributed by atoms with E-state index in [4.69, 9.17) is 5.11 Å². The normalized spacial score (nSPS) is 19.1. The van der Waals surface area contributed by atoms with Gasteiger partial charge in [-0.15, -0.1) is 0 Å². The predicted molar refractivity (Wildman–Crippen MR) is 72.7 cm³/mol. The first-order valence-electron chi connectivity index (χ1n) is 6.99. The van der Waals surface area contributed by atoms with Gasteiger partial charge in [0.15, 0.2) is 0 Å². The van der Waals surface area contributed by atoms with Crippen molar-refractivity contribution in [1.82, 2.24) is 15.5 Å². The molecule has 6 nitrogen and oxygen atoms in total. The Balaban J connectivity index is 2.18. The number of likely N-dealkylation sites (tertiary alicyclic amines) is 1. The first-order valence-corrected chi connectivity index (χ1v) is 6.99. The van der Waals surface area contributed by atoms with E-state index in [-0.39, 0.29) is 30.6 Å². The molecule has 0 aliphatic carbocycles. The quantitative estimate of drug-likeness (QED) is 0.588. The van der Waals surface area contributed by atoms with Gasteiger partial charge in [-0.25, -0.2) is 4.79 Å². The second-order valence-corrected chi connectivity index (χ2v) is 5.23. The van der Waals surface area contributed by atoms with Crippen molar-refractivity contribution in [3.05, 3.63) is 0 Å². The minimum absolute atomic E-state index is 0.0904. The van der Waals surface area contributed by atoms with E-state index in [9.17, 15) is 9.59 Å². The summed E-state index contributed by atoms with van der Waals surface area (Å²) in [4.78, 5) is 25.1. The van der Waals surface area contributed by atoms with Gasteiger partial charge in [0.2, 0.25) is 5.91 Å². The van der Waals surface area contributed by atoms with Crippen molar-refractivity contribution in [3.63, 3.8) is 0 Å². The van der Waals surface area contributed by atoms with Crippen LogP contribution in [0.2, 0.25) is 0 Å². The molecule has 1 unspecified atom stereocenters. The zero-order chi connectivity index (χ0) is 14.3. The summed E-state index contributed by atoms with van der Waals surface area (Å²) in [5.74, 6) is 0.100. The molecule has 1 atom stereocenters. The number of aliphatic hydroxyl groups is 1. The Bertz CT molecular complexity index is 308. The van der Waals surface area contributed by atoms with Crippen molar-refractivity contribution < 1.29 is 14.7 Å². The van der Waals surface area contributed by atoms with Crippen molar-refractivity contribution in [2.75, 3.05) is 19.7 Å². The largest absolute Gasteiger partial charge is 0.396 e. The molecule has 0 bridgehead atoms. The molecule has 1 saturated heterocycles. The molecule has 6 heteroatoms. The summed E-state index contributed by atoms with van der Waals surface area (Å²) < 4.78 is 0. The third kappa shape index (κ3) is 5.46. The standard InChI is InChI=1S/C13H25N3O3/c1-10(2)16-9-11(8-12(16)18)15-13(19)14-6-4-3-5-7-17/h10-11,17H,3-9H2,1-2H3,(H2,14,15,19). The highest BCUT2D eigenvalue weighted by Gasteiger charge is 2.31. The molecule has 0 radical (unpaired) electrons. The summed E-state index contributed by atoms with van der Waals surface area (Å²) in [5.41, 5.74) is 0. The van der Waals surface area contributed by atoms with E-state index in [1.54, 1.807) is 4.90 Å². The average molecular weight is 271 g/mol. The first kappa shape index (κ1) is 15.8. The van der Waals surface area contributed by atoms with Crippen LogP contribution in [-0.4, -0.2) is 53.7 Å². The van der Waals surface area contributed by atoms with Crippen molar-refractivity contribution in [3.8, 4) is 0 Å². The minimum Gasteiger partial charge on any atom is -0.396 e. The predicted octanol–water partition coefficient (Wildman–Crippen LogP) is 0.458. The van der Waals surface area contributed by atoms with Crippen molar-refractivity contribution in [2.45, 2.75) is 51.6 Å². The van der Waals surface area contributed by atoms with E-state index < -0.39 is 0 Å². The fourth-order valence-electron chi connectivity index (χ4n) is 2.18. The summed E-state index contributed by atoms with van der Waals surface area (Å²) in [6, 6.07) is -0.124. The van der Waals surface area contributed by atoms with E-state index in [0.717, 1.165) is 19.3 Å². The smallest absolute Gasteiger partial charge is 0.315 e. The molecule has 0 spiro atoms. The molecule has 1 heterocycles. The van der Waals surface area contributed by atoms with E-state index in [1.165, 1.54) is 0 Å². The van der Waals surface area contributed by atoms with Crippen LogP contribution in [0.1, 0.15) is 39.5 Å². The Morgan fingerprint density at radius 3 is 2.74 bits per heavy atom. The molecule has 0 saturated carbocycles. The fraction of sp³-hybridized carbons (Fsp3) is 0.846. The topological polar surface area (TPSA) is 81.7 Å². The van der Waals surface area contributed by atoms with Crippen LogP contribution < -0.4 is 10.6 Å². The Kier molecular flexibility index (Phi) is 6.62.